The number of hydrogen-bond donors (Lipinski definition) is 0. The van der Waals surface area contributed by atoms with Crippen LogP contribution in [0.25, 0.3) is 11.2 Å². The fraction of sp³-hybridized carbons (Fsp3) is 0.350. The van der Waals surface area contributed by atoms with Crippen molar-refractivity contribution >= 4 is 16.9 Å². The SMILES string of the molecule is Cn1cnc2ncn(Cc3ncno3)c(=O)c21.Fc1ccc(N2C[C@H]3C[C@H]3C2)cc1. The monoisotopic (exact) mass is 409 g/mol. The largest absolute Gasteiger partial charge is 0.371 e. The molecule has 2 fully saturated rings. The van der Waals surface area contributed by atoms with Crippen LogP contribution in [0.4, 0.5) is 10.1 Å². The van der Waals surface area contributed by atoms with E-state index in [-0.39, 0.29) is 17.9 Å². The van der Waals surface area contributed by atoms with Gasteiger partial charge >= 0.3 is 0 Å². The molecule has 1 aromatic carbocycles. The molecule has 1 saturated heterocycles. The molecule has 4 aromatic rings. The third-order valence-electron chi connectivity index (χ3n) is 5.58. The molecule has 0 spiro atoms. The Labute approximate surface area is 170 Å². The Morgan fingerprint density at radius 3 is 2.53 bits per heavy atom. The average Bonchev–Trinajstić information content (AvgIpc) is 3.14. The molecule has 2 atom stereocenters. The maximum absolute atomic E-state index is 12.6. The Morgan fingerprint density at radius 1 is 1.10 bits per heavy atom. The van der Waals surface area contributed by atoms with Gasteiger partial charge in [0.05, 0.1) is 6.33 Å². The highest BCUT2D eigenvalue weighted by Gasteiger charge is 2.44. The smallest absolute Gasteiger partial charge is 0.280 e. The number of rotatable bonds is 3. The number of nitrogens with zero attached hydrogens (tertiary/aromatic N) is 7. The molecule has 1 aliphatic heterocycles. The Hall–Kier alpha value is -3.56. The number of aryl methyl sites for hydroxylation is 1. The van der Waals surface area contributed by atoms with E-state index >= 15 is 0 Å². The predicted octanol–water partition coefficient (Wildman–Crippen LogP) is 1.84. The quantitative estimate of drug-likeness (QED) is 0.510. The summed E-state index contributed by atoms with van der Waals surface area (Å²) in [6, 6.07) is 6.83. The Bertz CT molecular complexity index is 1210. The Kier molecular flexibility index (Phi) is 4.53. The zero-order chi connectivity index (χ0) is 20.7. The molecule has 1 saturated carbocycles. The molecule has 10 heteroatoms. The number of imidazole rings is 1. The van der Waals surface area contributed by atoms with Crippen molar-refractivity contribution < 1.29 is 8.91 Å². The highest BCUT2D eigenvalue weighted by Crippen LogP contribution is 2.46. The van der Waals surface area contributed by atoms with Gasteiger partial charge in [-0.15, -0.1) is 0 Å². The number of hydrogen-bond acceptors (Lipinski definition) is 7. The lowest BCUT2D eigenvalue weighted by molar-refractivity contribution is 0.368. The van der Waals surface area contributed by atoms with E-state index in [1.165, 1.54) is 42.4 Å². The van der Waals surface area contributed by atoms with E-state index in [0.29, 0.717) is 17.1 Å². The molecule has 0 unspecified atom stereocenters. The maximum Gasteiger partial charge on any atom is 0.280 e. The van der Waals surface area contributed by atoms with Gasteiger partial charge in [-0.1, -0.05) is 5.16 Å². The van der Waals surface area contributed by atoms with Gasteiger partial charge < -0.3 is 14.0 Å². The second-order valence-corrected chi connectivity index (χ2v) is 7.68. The van der Waals surface area contributed by atoms with Crippen LogP contribution in [0.3, 0.4) is 0 Å². The van der Waals surface area contributed by atoms with Gasteiger partial charge in [-0.25, -0.2) is 14.4 Å². The molecule has 0 radical (unpaired) electrons. The van der Waals surface area contributed by atoms with Crippen LogP contribution in [0.5, 0.6) is 0 Å². The van der Waals surface area contributed by atoms with Crippen LogP contribution in [0.2, 0.25) is 0 Å². The van der Waals surface area contributed by atoms with E-state index in [9.17, 15) is 9.18 Å². The summed E-state index contributed by atoms with van der Waals surface area (Å²) in [6.45, 7) is 2.56. The topological polar surface area (TPSA) is 94.9 Å². The van der Waals surface area contributed by atoms with Crippen LogP contribution in [0.15, 0.2) is 52.6 Å². The van der Waals surface area contributed by atoms with Crippen molar-refractivity contribution in [3.05, 3.63) is 65.3 Å². The maximum atomic E-state index is 12.6. The number of fused-ring (bicyclic) bond motifs is 2. The predicted molar refractivity (Wildman–Crippen MR) is 106 cm³/mol. The second-order valence-electron chi connectivity index (χ2n) is 7.68. The van der Waals surface area contributed by atoms with Crippen molar-refractivity contribution in [1.29, 1.82) is 0 Å². The average molecular weight is 409 g/mol. The summed E-state index contributed by atoms with van der Waals surface area (Å²) in [5, 5.41) is 3.48. The molecular formula is C20H20FN7O2. The molecule has 1 aliphatic carbocycles. The third-order valence-corrected chi connectivity index (χ3v) is 5.58. The molecule has 6 rings (SSSR count). The summed E-state index contributed by atoms with van der Waals surface area (Å²) in [4.78, 5) is 26.4. The lowest BCUT2D eigenvalue weighted by atomic mass is 10.3. The van der Waals surface area contributed by atoms with Gasteiger partial charge in [-0.3, -0.25) is 9.36 Å². The van der Waals surface area contributed by atoms with Crippen LogP contribution >= 0.6 is 0 Å². The molecule has 2 aliphatic rings. The van der Waals surface area contributed by atoms with Gasteiger partial charge in [0, 0.05) is 25.8 Å². The fourth-order valence-corrected chi connectivity index (χ4v) is 3.86. The van der Waals surface area contributed by atoms with Crippen molar-refractivity contribution in [2.45, 2.75) is 13.0 Å². The number of aromatic nitrogens is 6. The third kappa shape index (κ3) is 3.56. The highest BCUT2D eigenvalue weighted by molar-refractivity contribution is 5.68. The molecular weight excluding hydrogens is 389 g/mol. The van der Waals surface area contributed by atoms with Gasteiger partial charge in [-0.05, 0) is 42.5 Å². The number of piperidine rings is 1. The molecule has 30 heavy (non-hydrogen) atoms. The lowest BCUT2D eigenvalue weighted by Crippen LogP contribution is -2.22. The van der Waals surface area contributed by atoms with Crippen LogP contribution < -0.4 is 10.5 Å². The minimum atomic E-state index is -0.187. The minimum absolute atomic E-state index is 0.145. The molecule has 154 valence electrons. The molecule has 9 nitrogen and oxygen atoms in total. The zero-order valence-electron chi connectivity index (χ0n) is 16.3. The standard InChI is InChI=1S/C11H12FN.C9H8N6O2/c12-10-1-3-11(4-2-10)13-6-8-5-9(8)7-13;1-14-4-11-8-7(14)9(16)15(5-12-8)2-6-10-3-13-17-6/h1-4,8-9H,5-7H2;3-5H,2H2,1H3/t8-,9+;. The van der Waals surface area contributed by atoms with Crippen molar-refractivity contribution in [2.24, 2.45) is 18.9 Å². The fourth-order valence-electron chi connectivity index (χ4n) is 3.86. The van der Waals surface area contributed by atoms with Gasteiger partial charge in [0.15, 0.2) is 17.5 Å². The van der Waals surface area contributed by atoms with E-state index in [1.54, 1.807) is 30.1 Å². The zero-order valence-corrected chi connectivity index (χ0v) is 16.3. The first-order valence-corrected chi connectivity index (χ1v) is 9.71. The van der Waals surface area contributed by atoms with Crippen molar-refractivity contribution in [2.75, 3.05) is 18.0 Å². The van der Waals surface area contributed by atoms with Gasteiger partial charge in [0.2, 0.25) is 5.89 Å². The number of anilines is 1. The summed E-state index contributed by atoms with van der Waals surface area (Å²) in [6.07, 6.45) is 5.67. The summed E-state index contributed by atoms with van der Waals surface area (Å²) in [5.41, 5.74) is 1.87. The number of benzene rings is 1. The first-order valence-electron chi connectivity index (χ1n) is 9.71. The molecule has 0 amide bonds. The lowest BCUT2D eigenvalue weighted by Gasteiger charge is -2.19. The second kappa shape index (κ2) is 7.36. The van der Waals surface area contributed by atoms with E-state index in [2.05, 4.69) is 25.0 Å². The van der Waals surface area contributed by atoms with E-state index in [4.69, 9.17) is 4.52 Å². The van der Waals surface area contributed by atoms with E-state index in [1.807, 2.05) is 12.1 Å². The summed E-state index contributed by atoms with van der Waals surface area (Å²) in [5.74, 6) is 2.08. The highest BCUT2D eigenvalue weighted by atomic mass is 19.1. The van der Waals surface area contributed by atoms with Crippen LogP contribution in [0.1, 0.15) is 12.3 Å². The summed E-state index contributed by atoms with van der Waals surface area (Å²) in [7, 11) is 1.75. The van der Waals surface area contributed by atoms with Gasteiger partial charge in [0.25, 0.3) is 5.56 Å². The van der Waals surface area contributed by atoms with Gasteiger partial charge in [0.1, 0.15) is 18.7 Å². The van der Waals surface area contributed by atoms with E-state index < -0.39 is 0 Å². The molecule has 4 heterocycles. The van der Waals surface area contributed by atoms with Crippen LogP contribution in [-0.2, 0) is 13.6 Å². The normalized spacial score (nSPS) is 19.5. The minimum Gasteiger partial charge on any atom is -0.371 e. The first kappa shape index (κ1) is 18.5. The van der Waals surface area contributed by atoms with E-state index in [0.717, 1.165) is 11.8 Å². The number of halogens is 1. The summed E-state index contributed by atoms with van der Waals surface area (Å²) < 4.78 is 20.5. The van der Waals surface area contributed by atoms with Gasteiger partial charge in [-0.2, -0.15) is 4.98 Å². The van der Waals surface area contributed by atoms with Crippen molar-refractivity contribution in [3.8, 4) is 0 Å². The van der Waals surface area contributed by atoms with Crippen LogP contribution in [0, 0.1) is 17.7 Å². The van der Waals surface area contributed by atoms with Crippen molar-refractivity contribution in [1.82, 2.24) is 29.2 Å². The van der Waals surface area contributed by atoms with Crippen molar-refractivity contribution in [3.63, 3.8) is 0 Å². The molecule has 0 N–H and O–H groups in total. The first-order chi connectivity index (χ1) is 14.6. The molecule has 0 bridgehead atoms. The summed E-state index contributed by atoms with van der Waals surface area (Å²) >= 11 is 0. The Balaban J connectivity index is 0.000000133. The Morgan fingerprint density at radius 2 is 1.83 bits per heavy atom. The molecule has 3 aromatic heterocycles. The van der Waals surface area contributed by atoms with Crippen LogP contribution in [-0.4, -0.2) is 42.3 Å².